The van der Waals surface area contributed by atoms with Crippen molar-refractivity contribution in [1.29, 1.82) is 0 Å². The molecule has 4 heteroatoms. The van der Waals surface area contributed by atoms with Gasteiger partial charge in [-0.3, -0.25) is 4.90 Å². The second kappa shape index (κ2) is 10.1. The maximum Gasteiger partial charge on any atom is 0.161 e. The topological polar surface area (TPSA) is 41.9 Å². The van der Waals surface area contributed by atoms with Crippen molar-refractivity contribution < 1.29 is 14.6 Å². The molecule has 1 atom stereocenters. The summed E-state index contributed by atoms with van der Waals surface area (Å²) in [6, 6.07) is 16.1. The van der Waals surface area contributed by atoms with Crippen molar-refractivity contribution in [2.24, 2.45) is 0 Å². The third kappa shape index (κ3) is 6.07. The average Bonchev–Trinajstić information content (AvgIpc) is 2.62. The molecule has 4 nitrogen and oxygen atoms in total. The van der Waals surface area contributed by atoms with Crippen LogP contribution in [0.15, 0.2) is 48.5 Å². The van der Waals surface area contributed by atoms with E-state index >= 15 is 0 Å². The zero-order valence-electron chi connectivity index (χ0n) is 15.4. The van der Waals surface area contributed by atoms with Gasteiger partial charge in [0.1, 0.15) is 0 Å². The summed E-state index contributed by atoms with van der Waals surface area (Å²) in [5.74, 6) is 1.47. The Bertz CT molecular complexity index is 630. The first-order chi connectivity index (χ1) is 12.2. The Labute approximate surface area is 151 Å². The predicted octanol–water partition coefficient (Wildman–Crippen LogP) is 3.52. The van der Waals surface area contributed by atoms with E-state index < -0.39 is 0 Å². The lowest BCUT2D eigenvalue weighted by molar-refractivity contribution is 0.108. The summed E-state index contributed by atoms with van der Waals surface area (Å²) in [7, 11) is 3.29. The minimum atomic E-state index is -0.380. The second-order valence-electron chi connectivity index (χ2n) is 6.27. The molecule has 2 rings (SSSR count). The Morgan fingerprint density at radius 3 is 2.32 bits per heavy atom. The highest BCUT2D eigenvalue weighted by molar-refractivity contribution is 5.42. The molecule has 0 unspecified atom stereocenters. The third-order valence-electron chi connectivity index (χ3n) is 4.18. The Balaban J connectivity index is 2.00. The number of aliphatic hydroxyl groups is 1. The molecule has 0 bridgehead atoms. The first kappa shape index (κ1) is 19.3. The number of benzene rings is 2. The molecule has 0 radical (unpaired) electrons. The minimum absolute atomic E-state index is 0.380. The standard InChI is InChI=1S/C21H29NO3/c1-4-12-22(16-19(23)13-17-8-6-5-7-9-17)15-18-10-11-20(24-2)21(14-18)25-3/h5-11,14,19,23H,4,12-13,15-16H2,1-3H3/t19-/m0/s1. The van der Waals surface area contributed by atoms with Gasteiger partial charge in [-0.1, -0.05) is 43.3 Å². The molecule has 0 aliphatic heterocycles. The van der Waals surface area contributed by atoms with E-state index in [0.29, 0.717) is 13.0 Å². The third-order valence-corrected chi connectivity index (χ3v) is 4.18. The van der Waals surface area contributed by atoms with Crippen LogP contribution < -0.4 is 9.47 Å². The van der Waals surface area contributed by atoms with Crippen LogP contribution >= 0.6 is 0 Å². The number of nitrogens with zero attached hydrogens (tertiary/aromatic N) is 1. The molecule has 0 aliphatic carbocycles. The maximum absolute atomic E-state index is 10.5. The van der Waals surface area contributed by atoms with Crippen LogP contribution in [0.1, 0.15) is 24.5 Å². The molecule has 136 valence electrons. The van der Waals surface area contributed by atoms with Gasteiger partial charge in [0.15, 0.2) is 11.5 Å². The number of hydrogen-bond donors (Lipinski definition) is 1. The highest BCUT2D eigenvalue weighted by Crippen LogP contribution is 2.28. The monoisotopic (exact) mass is 343 g/mol. The Morgan fingerprint density at radius 1 is 0.960 bits per heavy atom. The minimum Gasteiger partial charge on any atom is -0.493 e. The van der Waals surface area contributed by atoms with Gasteiger partial charge in [0.25, 0.3) is 0 Å². The van der Waals surface area contributed by atoms with E-state index in [-0.39, 0.29) is 6.10 Å². The first-order valence-electron chi connectivity index (χ1n) is 8.81. The summed E-state index contributed by atoms with van der Waals surface area (Å²) in [6.45, 7) is 4.53. The van der Waals surface area contributed by atoms with Crippen molar-refractivity contribution in [2.45, 2.75) is 32.4 Å². The Morgan fingerprint density at radius 2 is 1.68 bits per heavy atom. The quantitative estimate of drug-likeness (QED) is 0.717. The summed E-state index contributed by atoms with van der Waals surface area (Å²) in [5, 5.41) is 10.5. The number of rotatable bonds is 10. The molecule has 0 spiro atoms. The molecular formula is C21H29NO3. The van der Waals surface area contributed by atoms with E-state index in [2.05, 4.69) is 24.0 Å². The van der Waals surface area contributed by atoms with E-state index in [1.807, 2.05) is 36.4 Å². The smallest absolute Gasteiger partial charge is 0.161 e. The van der Waals surface area contributed by atoms with Crippen molar-refractivity contribution in [3.05, 3.63) is 59.7 Å². The van der Waals surface area contributed by atoms with E-state index in [4.69, 9.17) is 9.47 Å². The van der Waals surface area contributed by atoms with Gasteiger partial charge in [0.05, 0.1) is 20.3 Å². The van der Waals surface area contributed by atoms with E-state index in [1.165, 1.54) is 0 Å². The molecule has 0 aromatic heterocycles. The Kier molecular flexibility index (Phi) is 7.76. The molecule has 2 aromatic carbocycles. The van der Waals surface area contributed by atoms with Crippen LogP contribution in [-0.2, 0) is 13.0 Å². The fourth-order valence-corrected chi connectivity index (χ4v) is 3.04. The number of methoxy groups -OCH3 is 2. The highest BCUT2D eigenvalue weighted by Gasteiger charge is 2.14. The number of ether oxygens (including phenoxy) is 2. The number of aliphatic hydroxyl groups excluding tert-OH is 1. The fraction of sp³-hybridized carbons (Fsp3) is 0.429. The van der Waals surface area contributed by atoms with Crippen molar-refractivity contribution >= 4 is 0 Å². The average molecular weight is 343 g/mol. The summed E-state index contributed by atoms with van der Waals surface area (Å²) >= 11 is 0. The lowest BCUT2D eigenvalue weighted by Gasteiger charge is -2.25. The predicted molar refractivity (Wildman–Crippen MR) is 101 cm³/mol. The van der Waals surface area contributed by atoms with Gasteiger partial charge in [-0.2, -0.15) is 0 Å². The van der Waals surface area contributed by atoms with Crippen molar-refractivity contribution in [1.82, 2.24) is 4.90 Å². The molecule has 0 saturated heterocycles. The van der Waals surface area contributed by atoms with E-state index in [9.17, 15) is 5.11 Å². The molecular weight excluding hydrogens is 314 g/mol. The molecule has 0 saturated carbocycles. The molecule has 0 heterocycles. The van der Waals surface area contributed by atoms with Crippen LogP contribution in [0.4, 0.5) is 0 Å². The summed E-state index contributed by atoms with van der Waals surface area (Å²) in [5.41, 5.74) is 2.32. The molecule has 1 N–H and O–H groups in total. The summed E-state index contributed by atoms with van der Waals surface area (Å²) < 4.78 is 10.7. The van der Waals surface area contributed by atoms with Crippen molar-refractivity contribution in [3.8, 4) is 11.5 Å². The molecule has 25 heavy (non-hydrogen) atoms. The zero-order chi connectivity index (χ0) is 18.1. The van der Waals surface area contributed by atoms with Crippen LogP contribution in [0.25, 0.3) is 0 Å². The molecule has 0 fully saturated rings. The van der Waals surface area contributed by atoms with Gasteiger partial charge in [-0.05, 0) is 42.6 Å². The maximum atomic E-state index is 10.5. The molecule has 0 aliphatic rings. The second-order valence-corrected chi connectivity index (χ2v) is 6.27. The van der Waals surface area contributed by atoms with Gasteiger partial charge < -0.3 is 14.6 Å². The fourth-order valence-electron chi connectivity index (χ4n) is 3.04. The van der Waals surface area contributed by atoms with E-state index in [1.54, 1.807) is 14.2 Å². The summed E-state index contributed by atoms with van der Waals surface area (Å²) in [6.07, 6.45) is 1.34. The molecule has 0 amide bonds. The first-order valence-corrected chi connectivity index (χ1v) is 8.81. The van der Waals surface area contributed by atoms with Crippen LogP contribution in [0, 0.1) is 0 Å². The summed E-state index contributed by atoms with van der Waals surface area (Å²) in [4.78, 5) is 2.29. The normalized spacial score (nSPS) is 12.2. The number of hydrogen-bond acceptors (Lipinski definition) is 4. The van der Waals surface area contributed by atoms with Gasteiger partial charge in [-0.15, -0.1) is 0 Å². The van der Waals surface area contributed by atoms with Gasteiger partial charge >= 0.3 is 0 Å². The van der Waals surface area contributed by atoms with Crippen LogP contribution in [0.3, 0.4) is 0 Å². The van der Waals surface area contributed by atoms with Crippen molar-refractivity contribution in [3.63, 3.8) is 0 Å². The van der Waals surface area contributed by atoms with Crippen LogP contribution in [0.5, 0.6) is 11.5 Å². The van der Waals surface area contributed by atoms with Crippen LogP contribution in [-0.4, -0.2) is 43.4 Å². The lowest BCUT2D eigenvalue weighted by Crippen LogP contribution is -2.33. The molecule has 2 aromatic rings. The van der Waals surface area contributed by atoms with Crippen LogP contribution in [0.2, 0.25) is 0 Å². The SMILES string of the molecule is CCCN(Cc1ccc(OC)c(OC)c1)C[C@@H](O)Cc1ccccc1. The Hall–Kier alpha value is -2.04. The van der Waals surface area contributed by atoms with Crippen molar-refractivity contribution in [2.75, 3.05) is 27.3 Å². The van der Waals surface area contributed by atoms with E-state index in [0.717, 1.165) is 42.1 Å². The van der Waals surface area contributed by atoms with Gasteiger partial charge in [-0.25, -0.2) is 0 Å². The highest BCUT2D eigenvalue weighted by atomic mass is 16.5. The van der Waals surface area contributed by atoms with Gasteiger partial charge in [0.2, 0.25) is 0 Å². The lowest BCUT2D eigenvalue weighted by atomic mass is 10.1. The van der Waals surface area contributed by atoms with Gasteiger partial charge in [0, 0.05) is 13.1 Å². The largest absolute Gasteiger partial charge is 0.493 e. The zero-order valence-corrected chi connectivity index (χ0v) is 15.4.